The molecule has 2 rings (SSSR count). The Morgan fingerprint density at radius 1 is 1.21 bits per heavy atom. The minimum absolute atomic E-state index is 0. The van der Waals surface area contributed by atoms with E-state index in [9.17, 15) is 13.2 Å². The van der Waals surface area contributed by atoms with Crippen molar-refractivity contribution in [2.75, 3.05) is 43.4 Å². The van der Waals surface area contributed by atoms with Gasteiger partial charge in [-0.15, -0.1) is 12.4 Å². The Morgan fingerprint density at radius 2 is 1.86 bits per heavy atom. The first kappa shape index (κ1) is 24.7. The van der Waals surface area contributed by atoms with Gasteiger partial charge in [0.1, 0.15) is 0 Å². The summed E-state index contributed by atoms with van der Waals surface area (Å²) in [7, 11) is -3.58. The van der Waals surface area contributed by atoms with E-state index in [4.69, 9.17) is 0 Å². The number of carbonyl (C=O) groups is 1. The predicted molar refractivity (Wildman–Crippen MR) is 117 cm³/mol. The summed E-state index contributed by atoms with van der Waals surface area (Å²) in [6.45, 7) is 10.8. The second-order valence-electron chi connectivity index (χ2n) is 6.92. The first-order valence-corrected chi connectivity index (χ1v) is 11.2. The van der Waals surface area contributed by atoms with Crippen molar-refractivity contribution in [1.29, 1.82) is 0 Å². The van der Waals surface area contributed by atoms with Gasteiger partial charge in [0.15, 0.2) is 0 Å². The smallest absolute Gasteiger partial charge is 0.243 e. The van der Waals surface area contributed by atoms with Crippen molar-refractivity contribution in [2.45, 2.75) is 39.0 Å². The monoisotopic (exact) mass is 432 g/mol. The second kappa shape index (κ2) is 11.0. The second-order valence-corrected chi connectivity index (χ2v) is 8.86. The van der Waals surface area contributed by atoms with Gasteiger partial charge in [-0.05, 0) is 43.6 Å². The summed E-state index contributed by atoms with van der Waals surface area (Å²) >= 11 is 0. The van der Waals surface area contributed by atoms with E-state index in [1.807, 2.05) is 20.8 Å². The Labute approximate surface area is 175 Å². The van der Waals surface area contributed by atoms with Gasteiger partial charge in [0, 0.05) is 25.6 Å². The summed E-state index contributed by atoms with van der Waals surface area (Å²) in [6.07, 6.45) is 0.928. The molecule has 1 heterocycles. The van der Waals surface area contributed by atoms with Crippen LogP contribution in [0.25, 0.3) is 0 Å². The number of nitrogens with zero attached hydrogens (tertiary/aromatic N) is 1. The predicted octanol–water partition coefficient (Wildman–Crippen LogP) is 2.75. The van der Waals surface area contributed by atoms with Crippen LogP contribution in [0.1, 0.15) is 34.1 Å². The molecule has 1 aromatic rings. The van der Waals surface area contributed by atoms with E-state index in [1.165, 1.54) is 4.31 Å². The highest BCUT2D eigenvalue weighted by Gasteiger charge is 2.29. The van der Waals surface area contributed by atoms with E-state index in [0.717, 1.165) is 31.7 Å². The third kappa shape index (κ3) is 5.59. The van der Waals surface area contributed by atoms with E-state index in [0.29, 0.717) is 24.7 Å². The van der Waals surface area contributed by atoms with Crippen LogP contribution in [0.4, 0.5) is 11.4 Å². The van der Waals surface area contributed by atoms with Gasteiger partial charge < -0.3 is 16.0 Å². The Bertz CT molecular complexity index is 750. The highest BCUT2D eigenvalue weighted by atomic mass is 35.5. The maximum Gasteiger partial charge on any atom is 0.243 e. The topological polar surface area (TPSA) is 90.5 Å². The van der Waals surface area contributed by atoms with Gasteiger partial charge in [-0.1, -0.05) is 27.7 Å². The lowest BCUT2D eigenvalue weighted by molar-refractivity contribution is -0.121. The van der Waals surface area contributed by atoms with Crippen LogP contribution in [-0.2, 0) is 14.8 Å². The van der Waals surface area contributed by atoms with Crippen LogP contribution >= 0.6 is 12.4 Å². The van der Waals surface area contributed by atoms with E-state index in [2.05, 4.69) is 22.9 Å². The zero-order valence-corrected chi connectivity index (χ0v) is 18.8. The van der Waals surface area contributed by atoms with Crippen LogP contribution in [-0.4, -0.2) is 51.4 Å². The van der Waals surface area contributed by atoms with Gasteiger partial charge in [-0.3, -0.25) is 4.79 Å². The summed E-state index contributed by atoms with van der Waals surface area (Å²) in [4.78, 5) is 12.8. The Kier molecular flexibility index (Phi) is 9.69. The fraction of sp³-hybridized carbons (Fsp3) is 0.632. The lowest BCUT2D eigenvalue weighted by Gasteiger charge is -2.32. The minimum atomic E-state index is -3.58. The molecule has 0 spiro atoms. The molecule has 1 aliphatic heterocycles. The average molecular weight is 433 g/mol. The molecule has 28 heavy (non-hydrogen) atoms. The Hall–Kier alpha value is -1.35. The molecule has 0 aromatic heterocycles. The van der Waals surface area contributed by atoms with Crippen molar-refractivity contribution in [3.05, 3.63) is 18.2 Å². The van der Waals surface area contributed by atoms with Gasteiger partial charge >= 0.3 is 0 Å². The molecule has 1 amide bonds. The summed E-state index contributed by atoms with van der Waals surface area (Å²) in [5.74, 6) is 0.103. The first-order chi connectivity index (χ1) is 12.8. The first-order valence-electron chi connectivity index (χ1n) is 9.74. The Balaban J connectivity index is 0.00000392. The molecule has 1 aliphatic rings. The van der Waals surface area contributed by atoms with Gasteiger partial charge in [-0.2, -0.15) is 4.31 Å². The summed E-state index contributed by atoms with van der Waals surface area (Å²) in [6, 6.07) is 4.90. The van der Waals surface area contributed by atoms with Crippen LogP contribution in [0.15, 0.2) is 23.1 Å². The maximum atomic E-state index is 12.8. The van der Waals surface area contributed by atoms with Crippen molar-refractivity contribution < 1.29 is 13.2 Å². The zero-order valence-electron chi connectivity index (χ0n) is 17.1. The Morgan fingerprint density at radius 3 is 2.36 bits per heavy atom. The van der Waals surface area contributed by atoms with E-state index in [-0.39, 0.29) is 29.1 Å². The number of carbonyl (C=O) groups excluding carboxylic acids is 1. The molecule has 1 unspecified atom stereocenters. The van der Waals surface area contributed by atoms with Crippen molar-refractivity contribution in [3.63, 3.8) is 0 Å². The molecule has 0 aliphatic carbocycles. The molecule has 9 heteroatoms. The molecule has 0 radical (unpaired) electrons. The highest BCUT2D eigenvalue weighted by molar-refractivity contribution is 7.89. The van der Waals surface area contributed by atoms with E-state index < -0.39 is 10.0 Å². The fourth-order valence-corrected chi connectivity index (χ4v) is 4.52. The van der Waals surface area contributed by atoms with Crippen molar-refractivity contribution in [1.82, 2.24) is 9.62 Å². The molecular formula is C19H33ClN4O3S. The van der Waals surface area contributed by atoms with Gasteiger partial charge in [0.05, 0.1) is 16.3 Å². The van der Waals surface area contributed by atoms with Gasteiger partial charge in [0.25, 0.3) is 0 Å². The summed E-state index contributed by atoms with van der Waals surface area (Å²) in [5, 5.41) is 9.39. The number of hydrogen-bond donors (Lipinski definition) is 3. The fourth-order valence-electron chi connectivity index (χ4n) is 3.04. The molecule has 7 nitrogen and oxygen atoms in total. The van der Waals surface area contributed by atoms with Crippen LogP contribution in [0.3, 0.4) is 0 Å². The van der Waals surface area contributed by atoms with Crippen LogP contribution in [0, 0.1) is 11.8 Å². The maximum absolute atomic E-state index is 12.8. The number of rotatable bonds is 10. The molecule has 1 fully saturated rings. The average Bonchev–Trinajstić information content (AvgIpc) is 2.59. The van der Waals surface area contributed by atoms with E-state index >= 15 is 0 Å². The number of nitrogens with one attached hydrogen (secondary N) is 3. The standard InChI is InChI=1S/C19H32N4O3S.ClH/c1-5-10-21-17-9-8-16(27(25,26)23(6-2)7-3)11-18(17)22-19(24)14(4)15-12-20-13-15;/h8-9,11,14-15,20-21H,5-7,10,12-13H2,1-4H3,(H,22,24);1H. The molecule has 1 atom stereocenters. The normalized spacial score (nSPS) is 15.5. The SMILES string of the molecule is CCCNc1ccc(S(=O)(=O)N(CC)CC)cc1NC(=O)C(C)C1CNC1.Cl. The quantitative estimate of drug-likeness (QED) is 0.528. The highest BCUT2D eigenvalue weighted by Crippen LogP contribution is 2.29. The number of benzene rings is 1. The largest absolute Gasteiger partial charge is 0.383 e. The van der Waals surface area contributed by atoms with Gasteiger partial charge in [-0.25, -0.2) is 8.42 Å². The van der Waals surface area contributed by atoms with Crippen LogP contribution in [0.5, 0.6) is 0 Å². The van der Waals surface area contributed by atoms with Crippen LogP contribution < -0.4 is 16.0 Å². The zero-order chi connectivity index (χ0) is 20.0. The van der Waals surface area contributed by atoms with Gasteiger partial charge in [0.2, 0.25) is 15.9 Å². The van der Waals surface area contributed by atoms with Crippen LogP contribution in [0.2, 0.25) is 0 Å². The number of sulfonamides is 1. The molecule has 1 aromatic carbocycles. The molecule has 3 N–H and O–H groups in total. The summed E-state index contributed by atoms with van der Waals surface area (Å²) < 4.78 is 27.1. The number of halogens is 1. The number of anilines is 2. The molecule has 160 valence electrons. The summed E-state index contributed by atoms with van der Waals surface area (Å²) in [5.41, 5.74) is 1.25. The van der Waals surface area contributed by atoms with Crippen molar-refractivity contribution in [2.24, 2.45) is 11.8 Å². The molecule has 1 saturated heterocycles. The number of amides is 1. The lowest BCUT2D eigenvalue weighted by Crippen LogP contribution is -2.48. The third-order valence-corrected chi connectivity index (χ3v) is 7.14. The van der Waals surface area contributed by atoms with Crippen molar-refractivity contribution in [3.8, 4) is 0 Å². The molecule has 0 bridgehead atoms. The lowest BCUT2D eigenvalue weighted by atomic mass is 9.88. The third-order valence-electron chi connectivity index (χ3n) is 5.09. The molecule has 0 saturated carbocycles. The number of hydrogen-bond acceptors (Lipinski definition) is 5. The van der Waals surface area contributed by atoms with Crippen molar-refractivity contribution >= 4 is 39.7 Å². The molecular weight excluding hydrogens is 400 g/mol. The van der Waals surface area contributed by atoms with E-state index in [1.54, 1.807) is 18.2 Å². The minimum Gasteiger partial charge on any atom is -0.383 e.